The Bertz CT molecular complexity index is 135. The molecule has 13 heavy (non-hydrogen) atoms. The van der Waals surface area contributed by atoms with E-state index in [1.807, 2.05) is 0 Å². The van der Waals surface area contributed by atoms with Crippen molar-refractivity contribution in [2.24, 2.45) is 0 Å². The van der Waals surface area contributed by atoms with Gasteiger partial charge in [-0.3, -0.25) is 0 Å². The SMILES string of the molecule is C1=C/CCCCCC/C=C/CCC/1. The Hall–Kier alpha value is -0.520. The second-order valence-corrected chi connectivity index (χ2v) is 3.87. The molecule has 0 heterocycles. The molecule has 1 aliphatic rings. The van der Waals surface area contributed by atoms with Crippen LogP contribution in [0.25, 0.3) is 0 Å². The van der Waals surface area contributed by atoms with Gasteiger partial charge in [0.25, 0.3) is 0 Å². The molecule has 0 aromatic heterocycles. The predicted molar refractivity (Wildman–Crippen MR) is 59.8 cm³/mol. The lowest BCUT2D eigenvalue weighted by Gasteiger charge is -1.95. The molecule has 0 saturated heterocycles. The zero-order chi connectivity index (χ0) is 9.19. The van der Waals surface area contributed by atoms with Crippen LogP contribution in [0.5, 0.6) is 0 Å². The second kappa shape index (κ2) is 8.10. The molecule has 0 unspecified atom stereocenters. The first-order valence-corrected chi connectivity index (χ1v) is 5.80. The topological polar surface area (TPSA) is 0 Å². The molecule has 0 amide bonds. The first kappa shape index (κ1) is 10.6. The highest BCUT2D eigenvalue weighted by atomic mass is 14.0. The molecular formula is C13H22. The highest BCUT2D eigenvalue weighted by Gasteiger charge is 1.89. The van der Waals surface area contributed by atoms with Crippen LogP contribution in [-0.4, -0.2) is 0 Å². The summed E-state index contributed by atoms with van der Waals surface area (Å²) in [6.07, 6.45) is 21.5. The third-order valence-corrected chi connectivity index (χ3v) is 2.57. The third kappa shape index (κ3) is 6.62. The maximum atomic E-state index is 2.36. The number of hydrogen-bond donors (Lipinski definition) is 0. The van der Waals surface area contributed by atoms with Crippen molar-refractivity contribution in [2.45, 2.75) is 57.8 Å². The minimum Gasteiger partial charge on any atom is -0.0885 e. The van der Waals surface area contributed by atoms with E-state index in [-0.39, 0.29) is 0 Å². The summed E-state index contributed by atoms with van der Waals surface area (Å²) in [7, 11) is 0. The fourth-order valence-electron chi connectivity index (χ4n) is 1.70. The van der Waals surface area contributed by atoms with Gasteiger partial charge in [0, 0.05) is 0 Å². The van der Waals surface area contributed by atoms with Crippen molar-refractivity contribution >= 4 is 0 Å². The highest BCUT2D eigenvalue weighted by Crippen LogP contribution is 2.09. The number of rotatable bonds is 0. The molecule has 0 nitrogen and oxygen atoms in total. The van der Waals surface area contributed by atoms with Gasteiger partial charge in [0.2, 0.25) is 0 Å². The molecule has 0 heteroatoms. The summed E-state index contributed by atoms with van der Waals surface area (Å²) in [5.41, 5.74) is 0. The van der Waals surface area contributed by atoms with Crippen molar-refractivity contribution in [3.05, 3.63) is 24.3 Å². The minimum atomic E-state index is 1.27. The quantitative estimate of drug-likeness (QED) is 0.475. The van der Waals surface area contributed by atoms with Gasteiger partial charge in [0.1, 0.15) is 0 Å². The van der Waals surface area contributed by atoms with Crippen molar-refractivity contribution in [2.75, 3.05) is 0 Å². The molecule has 74 valence electrons. The van der Waals surface area contributed by atoms with Crippen LogP contribution in [0.2, 0.25) is 0 Å². The van der Waals surface area contributed by atoms with Crippen LogP contribution in [0.15, 0.2) is 24.3 Å². The van der Waals surface area contributed by atoms with E-state index in [9.17, 15) is 0 Å². The lowest BCUT2D eigenvalue weighted by molar-refractivity contribution is 0.652. The van der Waals surface area contributed by atoms with Crippen molar-refractivity contribution in [1.29, 1.82) is 0 Å². The van der Waals surface area contributed by atoms with E-state index >= 15 is 0 Å². The smallest absolute Gasteiger partial charge is 0.0348 e. The van der Waals surface area contributed by atoms with Gasteiger partial charge in [0.15, 0.2) is 0 Å². The summed E-state index contributed by atoms with van der Waals surface area (Å²) in [6.45, 7) is 0. The van der Waals surface area contributed by atoms with Gasteiger partial charge in [0.05, 0.1) is 0 Å². The molecular weight excluding hydrogens is 156 g/mol. The van der Waals surface area contributed by atoms with Gasteiger partial charge in [-0.1, -0.05) is 37.1 Å². The normalized spacial score (nSPS) is 26.5. The van der Waals surface area contributed by atoms with Gasteiger partial charge >= 0.3 is 0 Å². The van der Waals surface area contributed by atoms with Crippen LogP contribution in [0.3, 0.4) is 0 Å². The summed E-state index contributed by atoms with van der Waals surface area (Å²) < 4.78 is 0. The van der Waals surface area contributed by atoms with Crippen molar-refractivity contribution < 1.29 is 0 Å². The van der Waals surface area contributed by atoms with E-state index < -0.39 is 0 Å². The number of hydrogen-bond acceptors (Lipinski definition) is 0. The molecule has 1 rings (SSSR count). The maximum absolute atomic E-state index is 2.36. The monoisotopic (exact) mass is 178 g/mol. The van der Waals surface area contributed by atoms with E-state index in [4.69, 9.17) is 0 Å². The first-order chi connectivity index (χ1) is 6.50. The van der Waals surface area contributed by atoms with E-state index in [0.717, 1.165) is 0 Å². The Balaban J connectivity index is 2.18. The molecule has 0 bridgehead atoms. The minimum absolute atomic E-state index is 1.27. The summed E-state index contributed by atoms with van der Waals surface area (Å²) >= 11 is 0. The zero-order valence-electron chi connectivity index (χ0n) is 8.67. The Kier molecular flexibility index (Phi) is 6.58. The van der Waals surface area contributed by atoms with Crippen LogP contribution in [-0.2, 0) is 0 Å². The molecule has 0 fully saturated rings. The molecule has 1 aliphatic carbocycles. The molecule has 0 spiro atoms. The van der Waals surface area contributed by atoms with E-state index in [1.165, 1.54) is 57.8 Å². The molecule has 0 aromatic rings. The van der Waals surface area contributed by atoms with E-state index in [2.05, 4.69) is 24.3 Å². The second-order valence-electron chi connectivity index (χ2n) is 3.87. The molecule has 0 aliphatic heterocycles. The van der Waals surface area contributed by atoms with Crippen molar-refractivity contribution in [1.82, 2.24) is 0 Å². The lowest BCUT2D eigenvalue weighted by Crippen LogP contribution is -1.76. The van der Waals surface area contributed by atoms with Gasteiger partial charge in [-0.15, -0.1) is 0 Å². The Morgan fingerprint density at radius 3 is 1.23 bits per heavy atom. The average Bonchev–Trinajstić information content (AvgIpc) is 2.18. The van der Waals surface area contributed by atoms with Crippen LogP contribution in [0.1, 0.15) is 57.8 Å². The van der Waals surface area contributed by atoms with Gasteiger partial charge in [-0.2, -0.15) is 0 Å². The summed E-state index contributed by atoms with van der Waals surface area (Å²) in [4.78, 5) is 0. The molecule has 0 atom stereocenters. The lowest BCUT2D eigenvalue weighted by atomic mass is 10.1. The summed E-state index contributed by atoms with van der Waals surface area (Å²) in [6, 6.07) is 0. The first-order valence-electron chi connectivity index (χ1n) is 5.80. The van der Waals surface area contributed by atoms with Crippen LogP contribution in [0, 0.1) is 0 Å². The van der Waals surface area contributed by atoms with Crippen LogP contribution < -0.4 is 0 Å². The fraction of sp³-hybridized carbons (Fsp3) is 0.692. The summed E-state index contributed by atoms with van der Waals surface area (Å²) in [5, 5.41) is 0. The molecule has 0 saturated carbocycles. The number of allylic oxidation sites excluding steroid dienone is 4. The van der Waals surface area contributed by atoms with Crippen molar-refractivity contribution in [3.63, 3.8) is 0 Å². The fourth-order valence-corrected chi connectivity index (χ4v) is 1.70. The Labute approximate surface area is 82.7 Å². The van der Waals surface area contributed by atoms with Gasteiger partial charge in [-0.25, -0.2) is 0 Å². The third-order valence-electron chi connectivity index (χ3n) is 2.57. The Morgan fingerprint density at radius 1 is 0.385 bits per heavy atom. The molecule has 0 aromatic carbocycles. The van der Waals surface area contributed by atoms with Gasteiger partial charge in [-0.05, 0) is 44.9 Å². The predicted octanol–water partition coefficient (Wildman–Crippen LogP) is 4.62. The molecule has 0 N–H and O–H groups in total. The zero-order valence-corrected chi connectivity index (χ0v) is 8.67. The largest absolute Gasteiger partial charge is 0.0885 e. The Morgan fingerprint density at radius 2 is 0.769 bits per heavy atom. The maximum Gasteiger partial charge on any atom is -0.0348 e. The standard InChI is InChI=1S/C13H22/c1-2-4-6-8-10-12-13-11-9-7-5-3-1/h1-2,9,11H,3-8,10,12-13H2/b2-1+,11-9+. The van der Waals surface area contributed by atoms with E-state index in [1.54, 1.807) is 0 Å². The van der Waals surface area contributed by atoms with Gasteiger partial charge < -0.3 is 0 Å². The molecule has 0 radical (unpaired) electrons. The van der Waals surface area contributed by atoms with Crippen molar-refractivity contribution in [3.8, 4) is 0 Å². The van der Waals surface area contributed by atoms with Crippen LogP contribution >= 0.6 is 0 Å². The summed E-state index contributed by atoms with van der Waals surface area (Å²) in [5.74, 6) is 0. The van der Waals surface area contributed by atoms with E-state index in [0.29, 0.717) is 0 Å². The van der Waals surface area contributed by atoms with Crippen LogP contribution in [0.4, 0.5) is 0 Å². The highest BCUT2D eigenvalue weighted by molar-refractivity contribution is 4.86. The average molecular weight is 178 g/mol.